The van der Waals surface area contributed by atoms with Crippen LogP contribution in [0.15, 0.2) is 18.2 Å². The Kier molecular flexibility index (Phi) is 3.49. The van der Waals surface area contributed by atoms with Gasteiger partial charge in [0.1, 0.15) is 0 Å². The lowest BCUT2D eigenvalue weighted by molar-refractivity contribution is 0.324. The highest BCUT2D eigenvalue weighted by atomic mass is 14.6. The van der Waals surface area contributed by atoms with Gasteiger partial charge in [-0.2, -0.15) is 0 Å². The van der Waals surface area contributed by atoms with Crippen LogP contribution in [0.4, 0.5) is 5.69 Å². The van der Waals surface area contributed by atoms with Gasteiger partial charge >= 0.3 is 0 Å². The van der Waals surface area contributed by atoms with Crippen molar-refractivity contribution in [3.8, 4) is 0 Å². The predicted molar refractivity (Wildman–Crippen MR) is 69.2 cm³/mol. The summed E-state index contributed by atoms with van der Waals surface area (Å²) < 4.78 is 0. The highest BCUT2D eigenvalue weighted by molar-refractivity contribution is 5.50. The molecule has 1 aliphatic rings. The van der Waals surface area contributed by atoms with Crippen molar-refractivity contribution in [2.45, 2.75) is 45.1 Å². The third-order valence-corrected chi connectivity index (χ3v) is 3.89. The summed E-state index contributed by atoms with van der Waals surface area (Å²) in [4.78, 5) is 0. The fourth-order valence-corrected chi connectivity index (χ4v) is 2.63. The topological polar surface area (TPSA) is 52.0 Å². The monoisotopic (exact) mass is 218 g/mol. The Morgan fingerprint density at radius 1 is 1.19 bits per heavy atom. The first kappa shape index (κ1) is 11.5. The lowest BCUT2D eigenvalue weighted by Gasteiger charge is -2.26. The van der Waals surface area contributed by atoms with Crippen molar-refractivity contribution in [1.82, 2.24) is 0 Å². The molecular weight excluding hydrogens is 196 g/mol. The summed E-state index contributed by atoms with van der Waals surface area (Å²) in [7, 11) is 0. The van der Waals surface area contributed by atoms with E-state index < -0.39 is 0 Å². The number of hydrogen-bond donors (Lipinski definition) is 2. The Morgan fingerprint density at radius 3 is 2.56 bits per heavy atom. The van der Waals surface area contributed by atoms with Gasteiger partial charge in [0.25, 0.3) is 0 Å². The molecule has 0 amide bonds. The van der Waals surface area contributed by atoms with Gasteiger partial charge in [-0.25, -0.2) is 0 Å². The molecule has 88 valence electrons. The SMILES string of the molecule is Cc1c(N)cccc1CC1CCC(N)CC1. The minimum Gasteiger partial charge on any atom is -0.399 e. The third kappa shape index (κ3) is 2.56. The van der Waals surface area contributed by atoms with E-state index in [1.165, 1.54) is 43.2 Å². The zero-order chi connectivity index (χ0) is 11.5. The van der Waals surface area contributed by atoms with Gasteiger partial charge in [-0.15, -0.1) is 0 Å². The standard InChI is InChI=1S/C14H22N2/c1-10-12(3-2-4-14(10)16)9-11-5-7-13(15)8-6-11/h2-4,11,13H,5-9,15-16H2,1H3. The van der Waals surface area contributed by atoms with Crippen LogP contribution in [0, 0.1) is 12.8 Å². The van der Waals surface area contributed by atoms with E-state index in [1.54, 1.807) is 0 Å². The van der Waals surface area contributed by atoms with Crippen molar-refractivity contribution in [3.05, 3.63) is 29.3 Å². The molecule has 1 fully saturated rings. The van der Waals surface area contributed by atoms with Crippen molar-refractivity contribution in [2.75, 3.05) is 5.73 Å². The fourth-order valence-electron chi connectivity index (χ4n) is 2.63. The molecule has 2 rings (SSSR count). The Hall–Kier alpha value is -1.02. The van der Waals surface area contributed by atoms with Gasteiger partial charge in [-0.1, -0.05) is 12.1 Å². The fraction of sp³-hybridized carbons (Fsp3) is 0.571. The van der Waals surface area contributed by atoms with E-state index in [0.29, 0.717) is 6.04 Å². The van der Waals surface area contributed by atoms with E-state index in [1.807, 2.05) is 6.07 Å². The van der Waals surface area contributed by atoms with Gasteiger partial charge in [0.05, 0.1) is 0 Å². The van der Waals surface area contributed by atoms with Crippen LogP contribution in [0.5, 0.6) is 0 Å². The summed E-state index contributed by atoms with van der Waals surface area (Å²) >= 11 is 0. The van der Waals surface area contributed by atoms with Gasteiger partial charge in [0, 0.05) is 11.7 Å². The molecule has 0 spiro atoms. The molecule has 0 heterocycles. The van der Waals surface area contributed by atoms with E-state index in [2.05, 4.69) is 19.1 Å². The molecule has 1 aliphatic carbocycles. The number of nitrogens with two attached hydrogens (primary N) is 2. The molecule has 1 aromatic rings. The molecule has 4 N–H and O–H groups in total. The Bertz CT molecular complexity index is 352. The average molecular weight is 218 g/mol. The van der Waals surface area contributed by atoms with Crippen LogP contribution in [0.1, 0.15) is 36.8 Å². The zero-order valence-corrected chi connectivity index (χ0v) is 10.1. The van der Waals surface area contributed by atoms with Crippen LogP contribution in [0.25, 0.3) is 0 Å². The van der Waals surface area contributed by atoms with Crippen molar-refractivity contribution in [2.24, 2.45) is 11.7 Å². The van der Waals surface area contributed by atoms with Gasteiger partial charge < -0.3 is 11.5 Å². The third-order valence-electron chi connectivity index (χ3n) is 3.89. The Labute approximate surface area is 98.0 Å². The molecule has 0 saturated heterocycles. The molecule has 1 saturated carbocycles. The molecule has 0 aliphatic heterocycles. The van der Waals surface area contributed by atoms with E-state index in [-0.39, 0.29) is 0 Å². The van der Waals surface area contributed by atoms with Crippen LogP contribution in [-0.4, -0.2) is 6.04 Å². The highest BCUT2D eigenvalue weighted by Crippen LogP contribution is 2.28. The zero-order valence-electron chi connectivity index (χ0n) is 10.1. The van der Waals surface area contributed by atoms with E-state index in [0.717, 1.165) is 11.6 Å². The lowest BCUT2D eigenvalue weighted by Crippen LogP contribution is -2.27. The molecule has 0 unspecified atom stereocenters. The molecule has 1 aromatic carbocycles. The van der Waals surface area contributed by atoms with Crippen LogP contribution in [0.3, 0.4) is 0 Å². The predicted octanol–water partition coefficient (Wildman–Crippen LogP) is 2.64. The quantitative estimate of drug-likeness (QED) is 0.750. The number of nitrogen functional groups attached to an aromatic ring is 1. The smallest absolute Gasteiger partial charge is 0.0346 e. The van der Waals surface area contributed by atoms with Crippen molar-refractivity contribution >= 4 is 5.69 Å². The van der Waals surface area contributed by atoms with E-state index >= 15 is 0 Å². The maximum atomic E-state index is 5.93. The second kappa shape index (κ2) is 4.88. The summed E-state index contributed by atoms with van der Waals surface area (Å²) in [6.45, 7) is 2.12. The number of hydrogen-bond acceptors (Lipinski definition) is 2. The number of rotatable bonds is 2. The van der Waals surface area contributed by atoms with Gasteiger partial charge in [-0.05, 0) is 62.1 Å². The summed E-state index contributed by atoms with van der Waals surface area (Å²) in [5.74, 6) is 0.806. The first-order valence-corrected chi connectivity index (χ1v) is 6.26. The summed E-state index contributed by atoms with van der Waals surface area (Å²) in [5, 5.41) is 0. The maximum absolute atomic E-state index is 5.93. The summed E-state index contributed by atoms with van der Waals surface area (Å²) in [5.41, 5.74) is 15.5. The van der Waals surface area contributed by atoms with Gasteiger partial charge in [0.2, 0.25) is 0 Å². The Balaban J connectivity index is 2.01. The molecule has 16 heavy (non-hydrogen) atoms. The molecule has 2 nitrogen and oxygen atoms in total. The second-order valence-electron chi connectivity index (χ2n) is 5.12. The molecule has 0 bridgehead atoms. The minimum atomic E-state index is 0.443. The number of anilines is 1. The van der Waals surface area contributed by atoms with Gasteiger partial charge in [0.15, 0.2) is 0 Å². The van der Waals surface area contributed by atoms with Crippen LogP contribution >= 0.6 is 0 Å². The largest absolute Gasteiger partial charge is 0.399 e. The van der Waals surface area contributed by atoms with Crippen LogP contribution in [0.2, 0.25) is 0 Å². The molecule has 0 atom stereocenters. The van der Waals surface area contributed by atoms with Crippen molar-refractivity contribution in [1.29, 1.82) is 0 Å². The first-order chi connectivity index (χ1) is 7.66. The summed E-state index contributed by atoms with van der Waals surface area (Å²) in [6.07, 6.45) is 6.09. The molecule has 0 aromatic heterocycles. The molecule has 2 heteroatoms. The van der Waals surface area contributed by atoms with E-state index in [9.17, 15) is 0 Å². The lowest BCUT2D eigenvalue weighted by atomic mass is 9.82. The highest BCUT2D eigenvalue weighted by Gasteiger charge is 2.19. The average Bonchev–Trinajstić information content (AvgIpc) is 2.28. The Morgan fingerprint density at radius 2 is 1.88 bits per heavy atom. The van der Waals surface area contributed by atoms with Crippen LogP contribution in [-0.2, 0) is 6.42 Å². The second-order valence-corrected chi connectivity index (χ2v) is 5.12. The van der Waals surface area contributed by atoms with E-state index in [4.69, 9.17) is 11.5 Å². The number of benzene rings is 1. The molecule has 0 radical (unpaired) electrons. The maximum Gasteiger partial charge on any atom is 0.0346 e. The first-order valence-electron chi connectivity index (χ1n) is 6.26. The van der Waals surface area contributed by atoms with Crippen molar-refractivity contribution in [3.63, 3.8) is 0 Å². The van der Waals surface area contributed by atoms with Crippen LogP contribution < -0.4 is 11.5 Å². The van der Waals surface area contributed by atoms with Gasteiger partial charge in [-0.3, -0.25) is 0 Å². The van der Waals surface area contributed by atoms with Crippen molar-refractivity contribution < 1.29 is 0 Å². The molecular formula is C14H22N2. The summed E-state index contributed by atoms with van der Waals surface area (Å²) in [6, 6.07) is 6.69. The minimum absolute atomic E-state index is 0.443. The normalized spacial score (nSPS) is 25.6.